The predicted molar refractivity (Wildman–Crippen MR) is 69.3 cm³/mol. The summed E-state index contributed by atoms with van der Waals surface area (Å²) in [5.74, 6) is -0.190. The van der Waals surface area contributed by atoms with Crippen LogP contribution in [0.4, 0.5) is 4.79 Å². The lowest BCUT2D eigenvalue weighted by atomic mass is 10.1. The molecule has 0 aliphatic carbocycles. The number of carbonyl (C=O) groups is 2. The largest absolute Gasteiger partial charge is 0.325 e. The maximum absolute atomic E-state index is 11.9. The number of nitrogens with one attached hydrogen (secondary N) is 1. The van der Waals surface area contributed by atoms with Gasteiger partial charge in [0, 0.05) is 6.20 Å². The van der Waals surface area contributed by atoms with Crippen LogP contribution in [0.2, 0.25) is 0 Å². The van der Waals surface area contributed by atoms with Crippen molar-refractivity contribution in [2.75, 3.05) is 6.54 Å². The van der Waals surface area contributed by atoms with Crippen LogP contribution < -0.4 is 5.32 Å². The molecular weight excluding hydrogens is 335 g/mol. The third-order valence-electron chi connectivity index (χ3n) is 2.60. The predicted octanol–water partition coefficient (Wildman–Crippen LogP) is 0.818. The second kappa shape index (κ2) is 4.28. The molecule has 1 aliphatic heterocycles. The van der Waals surface area contributed by atoms with E-state index in [9.17, 15) is 9.59 Å². The number of hydrogen-bond acceptors (Lipinski definition) is 3. The molecule has 7 heteroatoms. The van der Waals surface area contributed by atoms with Crippen molar-refractivity contribution in [1.29, 1.82) is 0 Å². The molecule has 0 aromatic carbocycles. The van der Waals surface area contributed by atoms with Gasteiger partial charge < -0.3 is 5.32 Å². The van der Waals surface area contributed by atoms with Crippen molar-refractivity contribution >= 4 is 34.5 Å². The van der Waals surface area contributed by atoms with Gasteiger partial charge in [0.2, 0.25) is 0 Å². The van der Waals surface area contributed by atoms with E-state index in [-0.39, 0.29) is 11.9 Å². The van der Waals surface area contributed by atoms with Gasteiger partial charge in [-0.05, 0) is 36.4 Å². The maximum atomic E-state index is 11.9. The topological polar surface area (TPSA) is 67.2 Å². The highest BCUT2D eigenvalue weighted by Crippen LogP contribution is 2.16. The van der Waals surface area contributed by atoms with Crippen molar-refractivity contribution in [3.05, 3.63) is 16.0 Å². The van der Waals surface area contributed by atoms with Gasteiger partial charge in [-0.15, -0.1) is 0 Å². The highest BCUT2D eigenvalue weighted by atomic mass is 127. The van der Waals surface area contributed by atoms with E-state index in [4.69, 9.17) is 0 Å². The van der Waals surface area contributed by atoms with Crippen molar-refractivity contribution in [2.24, 2.45) is 0 Å². The SMILES string of the molecule is CC1(C)NC(=O)N(CCn2cc(I)cn2)C1=O. The molecule has 6 nitrogen and oxygen atoms in total. The van der Waals surface area contributed by atoms with Crippen molar-refractivity contribution in [3.8, 4) is 0 Å². The normalized spacial score (nSPS) is 18.6. The Bertz CT molecular complexity index is 469. The first-order valence-corrected chi connectivity index (χ1v) is 6.30. The molecule has 2 rings (SSSR count). The lowest BCUT2D eigenvalue weighted by Crippen LogP contribution is -2.40. The molecule has 0 spiro atoms. The van der Waals surface area contributed by atoms with Crippen LogP contribution in [0.1, 0.15) is 13.8 Å². The molecule has 1 N–H and O–H groups in total. The molecule has 0 saturated carbocycles. The zero-order valence-corrected chi connectivity index (χ0v) is 11.8. The van der Waals surface area contributed by atoms with Crippen LogP contribution in [0.3, 0.4) is 0 Å². The number of urea groups is 1. The summed E-state index contributed by atoms with van der Waals surface area (Å²) in [5, 5.41) is 6.74. The standard InChI is InChI=1S/C10H13IN4O2/c1-10(2)8(16)15(9(17)13-10)4-3-14-6-7(11)5-12-14/h5-6H,3-4H2,1-2H3,(H,13,17). The van der Waals surface area contributed by atoms with E-state index in [1.807, 2.05) is 6.20 Å². The lowest BCUT2D eigenvalue weighted by molar-refractivity contribution is -0.130. The van der Waals surface area contributed by atoms with E-state index < -0.39 is 5.54 Å². The van der Waals surface area contributed by atoms with Crippen LogP contribution in [0.5, 0.6) is 0 Å². The molecule has 1 fully saturated rings. The van der Waals surface area contributed by atoms with E-state index >= 15 is 0 Å². The molecule has 92 valence electrons. The summed E-state index contributed by atoms with van der Waals surface area (Å²) >= 11 is 2.16. The zero-order chi connectivity index (χ0) is 12.6. The van der Waals surface area contributed by atoms with Gasteiger partial charge in [-0.2, -0.15) is 5.10 Å². The van der Waals surface area contributed by atoms with E-state index in [0.717, 1.165) is 3.57 Å². The number of aromatic nitrogens is 2. The first-order valence-electron chi connectivity index (χ1n) is 5.22. The smallest absolute Gasteiger partial charge is 0.324 e. The van der Waals surface area contributed by atoms with Crippen molar-refractivity contribution in [3.63, 3.8) is 0 Å². The Hall–Kier alpha value is -1.12. The Morgan fingerprint density at radius 3 is 2.59 bits per heavy atom. The van der Waals surface area contributed by atoms with Gasteiger partial charge in [0.1, 0.15) is 5.54 Å². The molecule has 17 heavy (non-hydrogen) atoms. The van der Waals surface area contributed by atoms with Gasteiger partial charge in [-0.25, -0.2) is 4.79 Å². The number of carbonyl (C=O) groups excluding carboxylic acids is 2. The number of rotatable bonds is 3. The highest BCUT2D eigenvalue weighted by Gasteiger charge is 2.43. The highest BCUT2D eigenvalue weighted by molar-refractivity contribution is 14.1. The Morgan fingerprint density at radius 1 is 1.41 bits per heavy atom. The monoisotopic (exact) mass is 348 g/mol. The number of nitrogens with zero attached hydrogens (tertiary/aromatic N) is 3. The molecule has 0 bridgehead atoms. The number of hydrogen-bond donors (Lipinski definition) is 1. The average Bonchev–Trinajstić information content (AvgIpc) is 2.70. The van der Waals surface area contributed by atoms with Gasteiger partial charge in [0.15, 0.2) is 0 Å². The van der Waals surface area contributed by atoms with E-state index in [1.54, 1.807) is 24.7 Å². The molecule has 2 heterocycles. The second-order valence-electron chi connectivity index (χ2n) is 4.43. The number of halogens is 1. The summed E-state index contributed by atoms with van der Waals surface area (Å²) in [6.07, 6.45) is 3.60. The quantitative estimate of drug-likeness (QED) is 0.650. The summed E-state index contributed by atoms with van der Waals surface area (Å²) in [6.45, 7) is 4.25. The minimum Gasteiger partial charge on any atom is -0.324 e. The first-order chi connectivity index (χ1) is 7.90. The summed E-state index contributed by atoms with van der Waals surface area (Å²) < 4.78 is 2.74. The van der Waals surface area contributed by atoms with Crippen LogP contribution in [-0.4, -0.2) is 38.7 Å². The van der Waals surface area contributed by atoms with Crippen LogP contribution >= 0.6 is 22.6 Å². The molecular formula is C10H13IN4O2. The Labute approximate surface area is 112 Å². The van der Waals surface area contributed by atoms with E-state index in [2.05, 4.69) is 33.0 Å². The fourth-order valence-electron chi connectivity index (χ4n) is 1.68. The van der Waals surface area contributed by atoms with Crippen molar-refractivity contribution in [1.82, 2.24) is 20.0 Å². The molecule has 0 unspecified atom stereocenters. The molecule has 1 aromatic heterocycles. The molecule has 0 atom stereocenters. The third kappa shape index (κ3) is 2.43. The molecule has 0 radical (unpaired) electrons. The zero-order valence-electron chi connectivity index (χ0n) is 9.61. The molecule has 3 amide bonds. The van der Waals surface area contributed by atoms with Crippen LogP contribution in [0.25, 0.3) is 0 Å². The van der Waals surface area contributed by atoms with Gasteiger partial charge in [0.05, 0.1) is 22.9 Å². The Balaban J connectivity index is 2.00. The Kier molecular flexibility index (Phi) is 3.11. The first kappa shape index (κ1) is 12.3. The summed E-state index contributed by atoms with van der Waals surface area (Å²) in [7, 11) is 0. The molecule has 1 saturated heterocycles. The lowest BCUT2D eigenvalue weighted by Gasteiger charge is -2.15. The van der Waals surface area contributed by atoms with Crippen molar-refractivity contribution < 1.29 is 9.59 Å². The van der Waals surface area contributed by atoms with Crippen LogP contribution in [0.15, 0.2) is 12.4 Å². The summed E-state index contributed by atoms with van der Waals surface area (Å²) in [6, 6.07) is -0.332. The van der Waals surface area contributed by atoms with Crippen molar-refractivity contribution in [2.45, 2.75) is 25.9 Å². The number of amides is 3. The second-order valence-corrected chi connectivity index (χ2v) is 5.68. The minimum absolute atomic E-state index is 0.190. The van der Waals surface area contributed by atoms with Gasteiger partial charge >= 0.3 is 6.03 Å². The fourth-order valence-corrected chi connectivity index (χ4v) is 2.13. The van der Waals surface area contributed by atoms with Crippen LogP contribution in [-0.2, 0) is 11.3 Å². The summed E-state index contributed by atoms with van der Waals surface area (Å²) in [5.41, 5.74) is -0.796. The van der Waals surface area contributed by atoms with Gasteiger partial charge in [0.25, 0.3) is 5.91 Å². The van der Waals surface area contributed by atoms with Gasteiger partial charge in [-0.3, -0.25) is 14.4 Å². The molecule has 1 aliphatic rings. The van der Waals surface area contributed by atoms with E-state index in [1.165, 1.54) is 4.90 Å². The van der Waals surface area contributed by atoms with Crippen LogP contribution in [0, 0.1) is 3.57 Å². The average molecular weight is 348 g/mol. The molecule has 1 aromatic rings. The fraction of sp³-hybridized carbons (Fsp3) is 0.500. The maximum Gasteiger partial charge on any atom is 0.325 e. The summed E-state index contributed by atoms with van der Waals surface area (Å²) in [4.78, 5) is 24.7. The van der Waals surface area contributed by atoms with Gasteiger partial charge in [-0.1, -0.05) is 0 Å². The van der Waals surface area contributed by atoms with E-state index in [0.29, 0.717) is 13.1 Å². The Morgan fingerprint density at radius 2 is 2.12 bits per heavy atom. The third-order valence-corrected chi connectivity index (χ3v) is 3.16. The number of imide groups is 1. The minimum atomic E-state index is -0.796.